The molecule has 2 rings (SSSR count). The van der Waals surface area contributed by atoms with Gasteiger partial charge in [-0.05, 0) is 52.7 Å². The first-order valence-electron chi connectivity index (χ1n) is 11.5. The predicted octanol–water partition coefficient (Wildman–Crippen LogP) is 0.932. The number of likely N-dealkylation sites (N-methyl/N-ethyl adjacent to an activating group) is 1. The molecule has 2 amide bonds. The van der Waals surface area contributed by atoms with Gasteiger partial charge >= 0.3 is 0 Å². The standard InChI is InChI=1S/C14H18N2O3.C6H16N2O.C4H11NO/c1-15(10-19-2)8-5-9-16-13(17)11-6-3-4-7-12(11)14(16)18;1-8(6-9-2)5-3-4-7;1-5-3-4-6-2/h3-4,6-7H,5,8-10H2,1-2H3;3-7H2,1-2H3;5H,3-4H2,1-2H3. The molecule has 0 fully saturated rings. The molecule has 0 aliphatic carbocycles. The highest BCUT2D eigenvalue weighted by Crippen LogP contribution is 2.22. The second-order valence-electron chi connectivity index (χ2n) is 7.89. The number of rotatable bonds is 14. The van der Waals surface area contributed by atoms with Crippen molar-refractivity contribution in [2.45, 2.75) is 12.8 Å². The van der Waals surface area contributed by atoms with Gasteiger partial charge in [-0.25, -0.2) is 0 Å². The summed E-state index contributed by atoms with van der Waals surface area (Å²) in [5, 5.41) is 2.94. The van der Waals surface area contributed by atoms with Crippen LogP contribution in [0.15, 0.2) is 24.3 Å². The summed E-state index contributed by atoms with van der Waals surface area (Å²) in [6.07, 6.45) is 1.78. The molecule has 0 spiro atoms. The van der Waals surface area contributed by atoms with Gasteiger partial charge in [-0.2, -0.15) is 0 Å². The topological polar surface area (TPSA) is 110 Å². The number of hydrogen-bond acceptors (Lipinski definition) is 9. The first-order chi connectivity index (χ1) is 16.4. The van der Waals surface area contributed by atoms with Crippen molar-refractivity contribution in [1.29, 1.82) is 0 Å². The van der Waals surface area contributed by atoms with Crippen molar-refractivity contribution in [2.24, 2.45) is 5.73 Å². The van der Waals surface area contributed by atoms with Gasteiger partial charge in [0, 0.05) is 47.5 Å². The molecule has 0 saturated carbocycles. The molecule has 0 unspecified atom stereocenters. The van der Waals surface area contributed by atoms with Crippen molar-refractivity contribution in [2.75, 3.05) is 95.3 Å². The van der Waals surface area contributed by atoms with Crippen LogP contribution in [0.2, 0.25) is 0 Å². The fraction of sp³-hybridized carbons (Fsp3) is 0.667. The largest absolute Gasteiger partial charge is 0.383 e. The number of carbonyl (C=O) groups is 2. The minimum atomic E-state index is -0.185. The normalized spacial score (nSPS) is 12.4. The lowest BCUT2D eigenvalue weighted by Gasteiger charge is -2.18. The first-order valence-corrected chi connectivity index (χ1v) is 11.5. The number of nitrogens with one attached hydrogen (secondary N) is 1. The van der Waals surface area contributed by atoms with Gasteiger partial charge in [0.15, 0.2) is 0 Å². The Morgan fingerprint density at radius 3 is 1.76 bits per heavy atom. The van der Waals surface area contributed by atoms with Gasteiger partial charge in [0.25, 0.3) is 11.8 Å². The van der Waals surface area contributed by atoms with Crippen LogP contribution in [0.1, 0.15) is 33.6 Å². The van der Waals surface area contributed by atoms with Gasteiger partial charge < -0.3 is 25.3 Å². The van der Waals surface area contributed by atoms with Gasteiger partial charge in [-0.15, -0.1) is 0 Å². The molecule has 0 saturated heterocycles. The van der Waals surface area contributed by atoms with Crippen LogP contribution in [0.3, 0.4) is 0 Å². The van der Waals surface area contributed by atoms with Gasteiger partial charge in [-0.3, -0.25) is 24.3 Å². The molecule has 1 heterocycles. The monoisotopic (exact) mass is 483 g/mol. The summed E-state index contributed by atoms with van der Waals surface area (Å²) in [4.78, 5) is 29.6. The molecular formula is C24H45N5O5. The van der Waals surface area contributed by atoms with Crippen LogP contribution >= 0.6 is 0 Å². The Morgan fingerprint density at radius 2 is 1.38 bits per heavy atom. The summed E-state index contributed by atoms with van der Waals surface area (Å²) < 4.78 is 14.6. The second kappa shape index (κ2) is 20.5. The number of nitrogens with two attached hydrogens (primary N) is 1. The lowest BCUT2D eigenvalue weighted by molar-refractivity contribution is 0.0618. The van der Waals surface area contributed by atoms with E-state index in [9.17, 15) is 9.59 Å². The molecule has 0 radical (unpaired) electrons. The van der Waals surface area contributed by atoms with Gasteiger partial charge in [-0.1, -0.05) is 12.1 Å². The van der Waals surface area contributed by atoms with Crippen LogP contribution in [0.4, 0.5) is 0 Å². The second-order valence-corrected chi connectivity index (χ2v) is 7.89. The highest BCUT2D eigenvalue weighted by Gasteiger charge is 2.34. The molecule has 196 valence electrons. The highest BCUT2D eigenvalue weighted by atomic mass is 16.5. The van der Waals surface area contributed by atoms with E-state index < -0.39 is 0 Å². The van der Waals surface area contributed by atoms with Crippen molar-refractivity contribution < 1.29 is 23.8 Å². The number of methoxy groups -OCH3 is 3. The Morgan fingerprint density at radius 1 is 0.882 bits per heavy atom. The fourth-order valence-electron chi connectivity index (χ4n) is 3.08. The number of hydrogen-bond donors (Lipinski definition) is 2. The number of nitrogens with zero attached hydrogens (tertiary/aromatic N) is 3. The summed E-state index contributed by atoms with van der Waals surface area (Å²) in [7, 11) is 10.9. The first kappa shape index (κ1) is 32.1. The van der Waals surface area contributed by atoms with Gasteiger partial charge in [0.05, 0.1) is 31.2 Å². The number of carbonyl (C=O) groups excluding carboxylic acids is 2. The highest BCUT2D eigenvalue weighted by molar-refractivity contribution is 6.21. The maximum absolute atomic E-state index is 12.1. The van der Waals surface area contributed by atoms with Crippen molar-refractivity contribution in [1.82, 2.24) is 20.0 Å². The smallest absolute Gasteiger partial charge is 0.261 e. The zero-order chi connectivity index (χ0) is 25.8. The number of fused-ring (bicyclic) bond motifs is 1. The average molecular weight is 484 g/mol. The van der Waals surface area contributed by atoms with E-state index in [1.807, 2.05) is 26.0 Å². The molecular weight excluding hydrogens is 438 g/mol. The predicted molar refractivity (Wildman–Crippen MR) is 135 cm³/mol. The quantitative estimate of drug-likeness (QED) is 0.227. The van der Waals surface area contributed by atoms with Gasteiger partial charge in [0.1, 0.15) is 0 Å². The number of ether oxygens (including phenoxy) is 3. The third-order valence-electron chi connectivity index (χ3n) is 4.80. The molecule has 0 atom stereocenters. The van der Waals surface area contributed by atoms with E-state index in [1.54, 1.807) is 45.6 Å². The van der Waals surface area contributed by atoms with E-state index in [1.165, 1.54) is 4.90 Å². The van der Waals surface area contributed by atoms with Crippen LogP contribution in [0.25, 0.3) is 0 Å². The Hall–Kier alpha value is -1.92. The molecule has 34 heavy (non-hydrogen) atoms. The number of benzene rings is 1. The van der Waals surface area contributed by atoms with Crippen molar-refractivity contribution in [3.63, 3.8) is 0 Å². The lowest BCUT2D eigenvalue weighted by Crippen LogP contribution is -2.33. The van der Waals surface area contributed by atoms with Crippen LogP contribution in [-0.4, -0.2) is 122 Å². The molecule has 10 nitrogen and oxygen atoms in total. The Balaban J connectivity index is 0.000000605. The van der Waals surface area contributed by atoms with E-state index in [-0.39, 0.29) is 11.8 Å². The van der Waals surface area contributed by atoms with Crippen molar-refractivity contribution in [3.8, 4) is 0 Å². The van der Waals surface area contributed by atoms with Crippen molar-refractivity contribution in [3.05, 3.63) is 35.4 Å². The molecule has 0 aromatic heterocycles. The van der Waals surface area contributed by atoms with Crippen molar-refractivity contribution >= 4 is 11.8 Å². The Labute approximate surface area is 205 Å². The summed E-state index contributed by atoms with van der Waals surface area (Å²) >= 11 is 0. The third-order valence-corrected chi connectivity index (χ3v) is 4.80. The number of amides is 2. The number of imide groups is 1. The third kappa shape index (κ3) is 13.1. The van der Waals surface area contributed by atoms with E-state index in [4.69, 9.17) is 19.9 Å². The fourth-order valence-corrected chi connectivity index (χ4v) is 3.08. The van der Waals surface area contributed by atoms with Gasteiger partial charge in [0.2, 0.25) is 0 Å². The van der Waals surface area contributed by atoms with E-state index in [0.29, 0.717) is 31.1 Å². The van der Waals surface area contributed by atoms with E-state index in [0.717, 1.165) is 45.6 Å². The lowest BCUT2D eigenvalue weighted by atomic mass is 10.1. The molecule has 1 aliphatic heterocycles. The molecule has 1 aliphatic rings. The summed E-state index contributed by atoms with van der Waals surface area (Å²) in [6, 6.07) is 6.96. The minimum absolute atomic E-state index is 0.185. The molecule has 1 aromatic carbocycles. The van der Waals surface area contributed by atoms with E-state index in [2.05, 4.69) is 10.2 Å². The summed E-state index contributed by atoms with van der Waals surface area (Å²) in [6.45, 7) is 5.98. The molecule has 0 bridgehead atoms. The zero-order valence-corrected chi connectivity index (χ0v) is 21.8. The minimum Gasteiger partial charge on any atom is -0.383 e. The van der Waals surface area contributed by atoms with Crippen LogP contribution in [-0.2, 0) is 14.2 Å². The SMILES string of the molecule is CNCCOC.COCN(C)CCCN.COCN(C)CCCN1C(=O)c2ccccc2C1=O. The molecule has 3 N–H and O–H groups in total. The molecule has 1 aromatic rings. The maximum Gasteiger partial charge on any atom is 0.261 e. The molecule has 10 heteroatoms. The Kier molecular flexibility index (Phi) is 19.3. The van der Waals surface area contributed by atoms with Crippen LogP contribution < -0.4 is 11.1 Å². The summed E-state index contributed by atoms with van der Waals surface area (Å²) in [5.41, 5.74) is 6.33. The average Bonchev–Trinajstić information content (AvgIpc) is 3.07. The maximum atomic E-state index is 12.1. The van der Waals surface area contributed by atoms with Crippen LogP contribution in [0.5, 0.6) is 0 Å². The zero-order valence-electron chi connectivity index (χ0n) is 21.8. The van der Waals surface area contributed by atoms with E-state index >= 15 is 0 Å². The van der Waals surface area contributed by atoms with Crippen LogP contribution in [0, 0.1) is 0 Å². The summed E-state index contributed by atoms with van der Waals surface area (Å²) in [5.74, 6) is -0.370. The Bertz CT molecular complexity index is 638.